The van der Waals surface area contributed by atoms with Gasteiger partial charge < -0.3 is 5.32 Å². The number of allylic oxidation sites excluding steroid dienone is 3. The Labute approximate surface area is 113 Å². The molecule has 1 N–H and O–H groups in total. The Bertz CT molecular complexity index is 289. The summed E-state index contributed by atoms with van der Waals surface area (Å²) in [6.45, 7) is 10.1. The summed E-state index contributed by atoms with van der Waals surface area (Å²) in [5.41, 5.74) is 1.30. The molecule has 0 amide bonds. The molecule has 0 aliphatic heterocycles. The van der Waals surface area contributed by atoms with Crippen molar-refractivity contribution in [3.63, 3.8) is 0 Å². The van der Waals surface area contributed by atoms with Gasteiger partial charge in [0.25, 0.3) is 0 Å². The van der Waals surface area contributed by atoms with Gasteiger partial charge in [-0.2, -0.15) is 0 Å². The van der Waals surface area contributed by atoms with E-state index >= 15 is 0 Å². The van der Waals surface area contributed by atoms with E-state index in [1.54, 1.807) is 0 Å². The monoisotopic (exact) mass is 251 g/mol. The summed E-state index contributed by atoms with van der Waals surface area (Å²) in [6, 6.07) is 0.340. The molecule has 104 valence electrons. The Morgan fingerprint density at radius 2 is 2.00 bits per heavy atom. The fraction of sp³-hybridized carbons (Fsp3) is 0.688. The Hall–Kier alpha value is -0.890. The van der Waals surface area contributed by atoms with Crippen molar-refractivity contribution in [2.45, 2.75) is 72.4 Å². The van der Waals surface area contributed by atoms with Gasteiger partial charge in [0.1, 0.15) is 5.78 Å². The molecule has 0 aromatic rings. The second-order valence-electron chi connectivity index (χ2n) is 4.66. The lowest BCUT2D eigenvalue weighted by atomic mass is 9.96. The lowest BCUT2D eigenvalue weighted by molar-refractivity contribution is -0.120. The van der Waals surface area contributed by atoms with Gasteiger partial charge in [-0.05, 0) is 19.3 Å². The molecule has 0 spiro atoms. The lowest BCUT2D eigenvalue weighted by Crippen LogP contribution is -2.40. The number of carbonyl (C=O) groups is 1. The first kappa shape index (κ1) is 17.1. The van der Waals surface area contributed by atoms with E-state index in [4.69, 9.17) is 0 Å². The summed E-state index contributed by atoms with van der Waals surface area (Å²) in [6.07, 6.45) is 10.3. The van der Waals surface area contributed by atoms with Gasteiger partial charge in [-0.3, -0.25) is 4.79 Å². The maximum absolute atomic E-state index is 11.8. The first-order valence-corrected chi connectivity index (χ1v) is 7.27. The molecule has 0 heterocycles. The van der Waals surface area contributed by atoms with E-state index < -0.39 is 0 Å². The van der Waals surface area contributed by atoms with Crippen molar-refractivity contribution >= 4 is 5.78 Å². The highest BCUT2D eigenvalue weighted by Crippen LogP contribution is 2.16. The summed E-state index contributed by atoms with van der Waals surface area (Å²) in [5, 5.41) is 3.35. The van der Waals surface area contributed by atoms with Crippen LogP contribution >= 0.6 is 0 Å². The molecule has 18 heavy (non-hydrogen) atoms. The van der Waals surface area contributed by atoms with Gasteiger partial charge in [0.2, 0.25) is 0 Å². The lowest BCUT2D eigenvalue weighted by Gasteiger charge is -2.21. The number of Topliss-reactive ketones (excluding diaryl/α,β-unsaturated/α-hetero) is 1. The third-order valence-corrected chi connectivity index (χ3v) is 2.78. The molecule has 0 aromatic carbocycles. The van der Waals surface area contributed by atoms with Crippen molar-refractivity contribution in [2.75, 3.05) is 0 Å². The van der Waals surface area contributed by atoms with Gasteiger partial charge >= 0.3 is 0 Å². The van der Waals surface area contributed by atoms with E-state index in [0.717, 1.165) is 19.3 Å². The Balaban J connectivity index is 0.00000137. The van der Waals surface area contributed by atoms with Crippen LogP contribution < -0.4 is 5.32 Å². The molecule has 1 aliphatic carbocycles. The SMILES string of the molecule is CC.CCC(=O)C(CC1=CCCC=C1)NC(C)C. The van der Waals surface area contributed by atoms with Crippen LogP contribution in [0.2, 0.25) is 0 Å². The summed E-state index contributed by atoms with van der Waals surface area (Å²) < 4.78 is 0. The Morgan fingerprint density at radius 3 is 2.44 bits per heavy atom. The quantitative estimate of drug-likeness (QED) is 0.772. The Morgan fingerprint density at radius 1 is 1.33 bits per heavy atom. The highest BCUT2D eigenvalue weighted by Gasteiger charge is 2.18. The van der Waals surface area contributed by atoms with Gasteiger partial charge in [0.05, 0.1) is 6.04 Å². The van der Waals surface area contributed by atoms with Crippen LogP contribution in [0.4, 0.5) is 0 Å². The summed E-state index contributed by atoms with van der Waals surface area (Å²) in [4.78, 5) is 11.8. The van der Waals surface area contributed by atoms with Crippen LogP contribution in [-0.2, 0) is 4.79 Å². The first-order chi connectivity index (χ1) is 8.63. The average molecular weight is 251 g/mol. The second kappa shape index (κ2) is 10.1. The van der Waals surface area contributed by atoms with E-state index in [2.05, 4.69) is 37.4 Å². The normalized spacial score (nSPS) is 15.8. The molecule has 2 heteroatoms. The van der Waals surface area contributed by atoms with Crippen molar-refractivity contribution in [2.24, 2.45) is 0 Å². The predicted octanol–water partition coefficient (Wildman–Crippen LogP) is 4.02. The Kier molecular flexibility index (Phi) is 9.57. The van der Waals surface area contributed by atoms with E-state index in [9.17, 15) is 4.79 Å². The predicted molar refractivity (Wildman–Crippen MR) is 79.8 cm³/mol. The minimum Gasteiger partial charge on any atom is -0.305 e. The van der Waals surface area contributed by atoms with Crippen molar-refractivity contribution in [1.82, 2.24) is 5.32 Å². The highest BCUT2D eigenvalue weighted by molar-refractivity contribution is 5.84. The van der Waals surface area contributed by atoms with Crippen LogP contribution in [0.25, 0.3) is 0 Å². The van der Waals surface area contributed by atoms with Crippen molar-refractivity contribution in [3.05, 3.63) is 23.8 Å². The van der Waals surface area contributed by atoms with Gasteiger partial charge in [0, 0.05) is 12.5 Å². The fourth-order valence-corrected chi connectivity index (χ4v) is 1.97. The smallest absolute Gasteiger partial charge is 0.149 e. The molecule has 0 aromatic heterocycles. The molecule has 2 nitrogen and oxygen atoms in total. The minimum atomic E-state index is -0.0148. The van der Waals surface area contributed by atoms with Gasteiger partial charge in [-0.15, -0.1) is 0 Å². The van der Waals surface area contributed by atoms with E-state index in [1.165, 1.54) is 5.57 Å². The molecule has 0 radical (unpaired) electrons. The van der Waals surface area contributed by atoms with Gasteiger partial charge in [-0.1, -0.05) is 58.4 Å². The minimum absolute atomic E-state index is 0.0148. The summed E-state index contributed by atoms with van der Waals surface area (Å²) >= 11 is 0. The third kappa shape index (κ3) is 6.75. The van der Waals surface area contributed by atoms with Crippen LogP contribution in [0.5, 0.6) is 0 Å². The zero-order chi connectivity index (χ0) is 14.0. The summed E-state index contributed by atoms with van der Waals surface area (Å²) in [7, 11) is 0. The average Bonchev–Trinajstić information content (AvgIpc) is 2.40. The van der Waals surface area contributed by atoms with E-state index in [-0.39, 0.29) is 6.04 Å². The molecule has 1 unspecified atom stereocenters. The first-order valence-electron chi connectivity index (χ1n) is 7.27. The number of ketones is 1. The highest BCUT2D eigenvalue weighted by atomic mass is 16.1. The topological polar surface area (TPSA) is 29.1 Å². The number of hydrogen-bond acceptors (Lipinski definition) is 2. The van der Waals surface area contributed by atoms with Crippen LogP contribution in [-0.4, -0.2) is 17.9 Å². The van der Waals surface area contributed by atoms with Crippen LogP contribution in [0.3, 0.4) is 0 Å². The van der Waals surface area contributed by atoms with Crippen molar-refractivity contribution < 1.29 is 4.79 Å². The van der Waals surface area contributed by atoms with Gasteiger partial charge in [0.15, 0.2) is 0 Å². The molecule has 1 atom stereocenters. The van der Waals surface area contributed by atoms with E-state index in [0.29, 0.717) is 18.2 Å². The molecule has 0 saturated carbocycles. The third-order valence-electron chi connectivity index (χ3n) is 2.78. The van der Waals surface area contributed by atoms with Crippen LogP contribution in [0.1, 0.15) is 60.3 Å². The second-order valence-corrected chi connectivity index (χ2v) is 4.66. The van der Waals surface area contributed by atoms with Crippen LogP contribution in [0.15, 0.2) is 23.8 Å². The number of hydrogen-bond donors (Lipinski definition) is 1. The zero-order valence-corrected chi connectivity index (χ0v) is 12.6. The summed E-state index contributed by atoms with van der Waals surface area (Å²) in [5.74, 6) is 0.313. The fourth-order valence-electron chi connectivity index (χ4n) is 1.97. The molecule has 0 bridgehead atoms. The molecular formula is C16H29NO. The number of rotatable bonds is 6. The van der Waals surface area contributed by atoms with E-state index in [1.807, 2.05) is 20.8 Å². The maximum Gasteiger partial charge on any atom is 0.149 e. The number of nitrogens with one attached hydrogen (secondary N) is 1. The largest absolute Gasteiger partial charge is 0.305 e. The molecule has 0 saturated heterocycles. The standard InChI is InChI=1S/C14H23NO.C2H6/c1-4-14(16)13(15-11(2)3)10-12-8-6-5-7-9-12;1-2/h6,8-9,11,13,15H,4-5,7,10H2,1-3H3;1-2H3. The van der Waals surface area contributed by atoms with Crippen molar-refractivity contribution in [3.8, 4) is 0 Å². The van der Waals surface area contributed by atoms with Gasteiger partial charge in [-0.25, -0.2) is 0 Å². The molecular weight excluding hydrogens is 222 g/mol. The molecule has 1 aliphatic rings. The molecule has 0 fully saturated rings. The van der Waals surface area contributed by atoms with Crippen LogP contribution in [0, 0.1) is 0 Å². The zero-order valence-electron chi connectivity index (χ0n) is 12.6. The maximum atomic E-state index is 11.8. The number of carbonyl (C=O) groups excluding carboxylic acids is 1. The molecule has 1 rings (SSSR count). The van der Waals surface area contributed by atoms with Crippen molar-refractivity contribution in [1.29, 1.82) is 0 Å².